The molecular formula is C16H19BrFNS. The number of rotatable bonds is 6. The topological polar surface area (TPSA) is 12.0 Å². The zero-order valence-corrected chi connectivity index (χ0v) is 14.2. The molecule has 0 saturated heterocycles. The van der Waals surface area contributed by atoms with Crippen LogP contribution in [0.4, 0.5) is 4.39 Å². The summed E-state index contributed by atoms with van der Waals surface area (Å²) in [5.41, 5.74) is 1.09. The van der Waals surface area contributed by atoms with Crippen molar-refractivity contribution in [1.29, 1.82) is 0 Å². The largest absolute Gasteiger partial charge is 0.306 e. The van der Waals surface area contributed by atoms with Gasteiger partial charge in [-0.1, -0.05) is 35.8 Å². The third kappa shape index (κ3) is 3.68. The summed E-state index contributed by atoms with van der Waals surface area (Å²) in [6.45, 7) is 5.25. The number of hydrogen-bond acceptors (Lipinski definition) is 2. The average molecular weight is 356 g/mol. The maximum absolute atomic E-state index is 13.3. The second kappa shape index (κ2) is 7.34. The predicted molar refractivity (Wildman–Crippen MR) is 87.9 cm³/mol. The highest BCUT2D eigenvalue weighted by atomic mass is 79.9. The Morgan fingerprint density at radius 2 is 2.05 bits per heavy atom. The van der Waals surface area contributed by atoms with Gasteiger partial charge in [0.1, 0.15) is 5.82 Å². The molecule has 1 aromatic carbocycles. The molecule has 1 atom stereocenters. The van der Waals surface area contributed by atoms with Crippen molar-refractivity contribution in [2.45, 2.75) is 32.7 Å². The molecule has 0 aliphatic rings. The molecule has 1 N–H and O–H groups in total. The van der Waals surface area contributed by atoms with Gasteiger partial charge in [0.2, 0.25) is 0 Å². The predicted octanol–water partition coefficient (Wildman–Crippen LogP) is 5.30. The molecule has 2 aromatic rings. The first kappa shape index (κ1) is 15.7. The van der Waals surface area contributed by atoms with Crippen LogP contribution in [0.5, 0.6) is 0 Å². The average Bonchev–Trinajstić information content (AvgIpc) is 2.90. The Labute approximate surface area is 132 Å². The maximum atomic E-state index is 13.3. The molecule has 1 heterocycles. The van der Waals surface area contributed by atoms with Gasteiger partial charge in [-0.05, 0) is 49.2 Å². The van der Waals surface area contributed by atoms with Gasteiger partial charge in [-0.3, -0.25) is 0 Å². The van der Waals surface area contributed by atoms with Crippen LogP contribution in [0.25, 0.3) is 0 Å². The summed E-state index contributed by atoms with van der Waals surface area (Å²) < 4.78 is 14.1. The smallest absolute Gasteiger partial charge is 0.124 e. The molecule has 0 saturated carbocycles. The standard InChI is InChI=1S/C16H19BrFNS/c1-3-9-19-16(15-8-6-12(4-2)20-15)13-7-5-11(18)10-14(13)17/h5-8,10,16,19H,3-4,9H2,1-2H3. The van der Waals surface area contributed by atoms with Crippen LogP contribution < -0.4 is 5.32 Å². The van der Waals surface area contributed by atoms with E-state index in [1.165, 1.54) is 21.9 Å². The fourth-order valence-corrected chi connectivity index (χ4v) is 3.75. The molecule has 0 radical (unpaired) electrons. The molecule has 0 amide bonds. The molecule has 2 rings (SSSR count). The number of nitrogens with one attached hydrogen (secondary N) is 1. The third-order valence-corrected chi connectivity index (χ3v) is 5.17. The van der Waals surface area contributed by atoms with Gasteiger partial charge in [0.25, 0.3) is 0 Å². The zero-order chi connectivity index (χ0) is 14.5. The van der Waals surface area contributed by atoms with E-state index in [-0.39, 0.29) is 11.9 Å². The molecule has 108 valence electrons. The van der Waals surface area contributed by atoms with Gasteiger partial charge in [-0.15, -0.1) is 11.3 Å². The van der Waals surface area contributed by atoms with Crippen LogP contribution in [0, 0.1) is 5.82 Å². The molecule has 4 heteroatoms. The molecule has 0 fully saturated rings. The van der Waals surface area contributed by atoms with E-state index in [1.54, 1.807) is 0 Å². The van der Waals surface area contributed by atoms with Crippen LogP contribution in [0.15, 0.2) is 34.8 Å². The normalized spacial score (nSPS) is 12.6. The summed E-state index contributed by atoms with van der Waals surface area (Å²) >= 11 is 5.31. The van der Waals surface area contributed by atoms with Crippen molar-refractivity contribution in [2.24, 2.45) is 0 Å². The van der Waals surface area contributed by atoms with Crippen LogP contribution in [0.3, 0.4) is 0 Å². The van der Waals surface area contributed by atoms with E-state index in [1.807, 2.05) is 17.4 Å². The summed E-state index contributed by atoms with van der Waals surface area (Å²) in [4.78, 5) is 2.66. The quantitative estimate of drug-likeness (QED) is 0.741. The van der Waals surface area contributed by atoms with Crippen molar-refractivity contribution >= 4 is 27.3 Å². The van der Waals surface area contributed by atoms with Crippen LogP contribution in [-0.2, 0) is 6.42 Å². The number of thiophene rings is 1. The number of hydrogen-bond donors (Lipinski definition) is 1. The summed E-state index contributed by atoms with van der Waals surface area (Å²) in [5, 5.41) is 3.56. The third-order valence-electron chi connectivity index (χ3n) is 3.19. The van der Waals surface area contributed by atoms with Crippen LogP contribution >= 0.6 is 27.3 Å². The molecule has 0 aliphatic carbocycles. The van der Waals surface area contributed by atoms with Crippen molar-refractivity contribution in [3.63, 3.8) is 0 Å². The van der Waals surface area contributed by atoms with Gasteiger partial charge >= 0.3 is 0 Å². The summed E-state index contributed by atoms with van der Waals surface area (Å²) in [6.07, 6.45) is 2.12. The summed E-state index contributed by atoms with van der Waals surface area (Å²) in [7, 11) is 0. The van der Waals surface area contributed by atoms with Crippen molar-refractivity contribution < 1.29 is 4.39 Å². The first-order valence-corrected chi connectivity index (χ1v) is 8.53. The van der Waals surface area contributed by atoms with Gasteiger partial charge in [0.05, 0.1) is 6.04 Å². The minimum atomic E-state index is -0.213. The summed E-state index contributed by atoms with van der Waals surface area (Å²) in [5.74, 6) is -0.213. The van der Waals surface area contributed by atoms with E-state index in [9.17, 15) is 4.39 Å². The molecule has 20 heavy (non-hydrogen) atoms. The Morgan fingerprint density at radius 1 is 1.25 bits per heavy atom. The van der Waals surface area contributed by atoms with E-state index in [2.05, 4.69) is 47.2 Å². The van der Waals surface area contributed by atoms with E-state index in [0.29, 0.717) is 0 Å². The van der Waals surface area contributed by atoms with Gasteiger partial charge in [0, 0.05) is 14.2 Å². The molecule has 1 nitrogen and oxygen atoms in total. The maximum Gasteiger partial charge on any atom is 0.124 e. The van der Waals surface area contributed by atoms with E-state index >= 15 is 0 Å². The SMILES string of the molecule is CCCNC(c1ccc(CC)s1)c1ccc(F)cc1Br. The Morgan fingerprint density at radius 3 is 2.65 bits per heavy atom. The highest BCUT2D eigenvalue weighted by molar-refractivity contribution is 9.10. The van der Waals surface area contributed by atoms with Crippen LogP contribution in [0.1, 0.15) is 41.6 Å². The van der Waals surface area contributed by atoms with E-state index < -0.39 is 0 Å². The molecule has 1 unspecified atom stereocenters. The number of halogens is 2. The van der Waals surface area contributed by atoms with Crippen molar-refractivity contribution in [1.82, 2.24) is 5.32 Å². The van der Waals surface area contributed by atoms with Crippen molar-refractivity contribution in [3.05, 3.63) is 55.9 Å². The highest BCUT2D eigenvalue weighted by Gasteiger charge is 2.18. The van der Waals surface area contributed by atoms with Gasteiger partial charge in [-0.25, -0.2) is 4.39 Å². The van der Waals surface area contributed by atoms with Crippen molar-refractivity contribution in [2.75, 3.05) is 6.54 Å². The Bertz CT molecular complexity index is 567. The van der Waals surface area contributed by atoms with Gasteiger partial charge < -0.3 is 5.32 Å². The Balaban J connectivity index is 2.35. The van der Waals surface area contributed by atoms with Gasteiger partial charge in [-0.2, -0.15) is 0 Å². The van der Waals surface area contributed by atoms with Crippen LogP contribution in [0.2, 0.25) is 0 Å². The highest BCUT2D eigenvalue weighted by Crippen LogP contribution is 2.33. The minimum Gasteiger partial charge on any atom is -0.306 e. The van der Waals surface area contributed by atoms with Crippen LogP contribution in [-0.4, -0.2) is 6.54 Å². The van der Waals surface area contributed by atoms with E-state index in [4.69, 9.17) is 0 Å². The second-order valence-corrected chi connectivity index (χ2v) is 6.76. The lowest BCUT2D eigenvalue weighted by Crippen LogP contribution is -2.22. The fourth-order valence-electron chi connectivity index (χ4n) is 2.13. The molecule has 0 spiro atoms. The van der Waals surface area contributed by atoms with E-state index in [0.717, 1.165) is 29.4 Å². The molecule has 1 aromatic heterocycles. The van der Waals surface area contributed by atoms with Gasteiger partial charge in [0.15, 0.2) is 0 Å². The van der Waals surface area contributed by atoms with Crippen molar-refractivity contribution in [3.8, 4) is 0 Å². The number of benzene rings is 1. The lowest BCUT2D eigenvalue weighted by Gasteiger charge is -2.19. The fraction of sp³-hybridized carbons (Fsp3) is 0.375. The number of aryl methyl sites for hydroxylation is 1. The molecular weight excluding hydrogens is 337 g/mol. The first-order chi connectivity index (χ1) is 9.65. The zero-order valence-electron chi connectivity index (χ0n) is 11.7. The summed E-state index contributed by atoms with van der Waals surface area (Å²) in [6, 6.07) is 9.39. The minimum absolute atomic E-state index is 0.121. The molecule has 0 aliphatic heterocycles. The first-order valence-electron chi connectivity index (χ1n) is 6.92. The Kier molecular flexibility index (Phi) is 5.75. The second-order valence-electron chi connectivity index (χ2n) is 4.71. The Hall–Kier alpha value is -0.710. The molecule has 0 bridgehead atoms. The lowest BCUT2D eigenvalue weighted by molar-refractivity contribution is 0.596. The lowest BCUT2D eigenvalue weighted by atomic mass is 10.1. The monoisotopic (exact) mass is 355 g/mol.